The second kappa shape index (κ2) is 8.98. The fourth-order valence-corrected chi connectivity index (χ4v) is 0.945. The average molecular weight is 219 g/mol. The van der Waals surface area contributed by atoms with Crippen LogP contribution in [0.4, 0.5) is 0 Å². The van der Waals surface area contributed by atoms with Gasteiger partial charge in [-0.2, -0.15) is 11.1 Å². The Balaban J connectivity index is 3.69. The number of hydrazine groups is 4. The Bertz CT molecular complexity index is 139. The summed E-state index contributed by atoms with van der Waals surface area (Å²) < 4.78 is 0. The Labute approximate surface area is 92.7 Å². The summed E-state index contributed by atoms with van der Waals surface area (Å²) in [5, 5.41) is 9.01. The van der Waals surface area contributed by atoms with Gasteiger partial charge in [0.05, 0.1) is 13.3 Å². The molecule has 0 saturated heterocycles. The Morgan fingerprint density at radius 2 is 1.60 bits per heavy atom. The van der Waals surface area contributed by atoms with Gasteiger partial charge in [-0.15, -0.1) is 0 Å². The fourth-order valence-electron chi connectivity index (χ4n) is 0.945. The fraction of sp³-hybridized carbons (Fsp3) is 1.00. The predicted octanol–water partition coefficient (Wildman–Crippen LogP) is -1.64. The van der Waals surface area contributed by atoms with Crippen LogP contribution in [0.25, 0.3) is 0 Å². The molecule has 0 aliphatic heterocycles. The summed E-state index contributed by atoms with van der Waals surface area (Å²) in [4.78, 5) is 0. The monoisotopic (exact) mass is 219 g/mol. The van der Waals surface area contributed by atoms with Crippen molar-refractivity contribution in [3.63, 3.8) is 0 Å². The number of rotatable bonds is 9. The first kappa shape index (κ1) is 14.7. The summed E-state index contributed by atoms with van der Waals surface area (Å²) in [6.07, 6.45) is 0. The molecule has 0 heterocycles. The van der Waals surface area contributed by atoms with E-state index in [2.05, 4.69) is 28.7 Å². The third kappa shape index (κ3) is 10.0. The maximum atomic E-state index is 3.25. The van der Waals surface area contributed by atoms with Crippen LogP contribution in [0.15, 0.2) is 0 Å². The van der Waals surface area contributed by atoms with Crippen molar-refractivity contribution in [1.29, 1.82) is 0 Å². The van der Waals surface area contributed by atoms with E-state index in [4.69, 9.17) is 0 Å². The van der Waals surface area contributed by atoms with Crippen molar-refractivity contribution in [3.05, 3.63) is 0 Å². The lowest BCUT2D eigenvalue weighted by atomic mass is 10.7. The molecule has 92 valence electrons. The number of nitrogens with zero attached hydrogens (tertiary/aromatic N) is 3. The van der Waals surface area contributed by atoms with Crippen LogP contribution < -0.4 is 21.8 Å². The molecule has 0 saturated carbocycles. The highest BCUT2D eigenvalue weighted by Gasteiger charge is 2.03. The van der Waals surface area contributed by atoms with Crippen LogP contribution in [-0.2, 0) is 0 Å². The van der Waals surface area contributed by atoms with Gasteiger partial charge < -0.3 is 5.32 Å². The third-order valence-corrected chi connectivity index (χ3v) is 1.47. The van der Waals surface area contributed by atoms with Crippen molar-refractivity contribution in [3.8, 4) is 0 Å². The maximum absolute atomic E-state index is 3.25. The summed E-state index contributed by atoms with van der Waals surface area (Å²) in [5.41, 5.74) is 9.22. The zero-order valence-corrected chi connectivity index (χ0v) is 10.5. The molecule has 0 aromatic rings. The van der Waals surface area contributed by atoms with Gasteiger partial charge >= 0.3 is 0 Å². The number of hydrogen-bond acceptors (Lipinski definition) is 7. The summed E-state index contributed by atoms with van der Waals surface area (Å²) in [7, 11) is 7.78. The lowest BCUT2D eigenvalue weighted by molar-refractivity contribution is 0.0333. The summed E-state index contributed by atoms with van der Waals surface area (Å²) >= 11 is 0. The third-order valence-electron chi connectivity index (χ3n) is 1.47. The predicted molar refractivity (Wildman–Crippen MR) is 62.0 cm³/mol. The van der Waals surface area contributed by atoms with Gasteiger partial charge in [-0.05, 0) is 6.54 Å². The molecule has 0 bridgehead atoms. The minimum absolute atomic E-state index is 0.684. The molecule has 0 aliphatic carbocycles. The average Bonchev–Trinajstić information content (AvgIpc) is 2.12. The molecule has 7 heteroatoms. The van der Waals surface area contributed by atoms with Crippen molar-refractivity contribution >= 4 is 0 Å². The Kier molecular flexibility index (Phi) is 8.82. The lowest BCUT2D eigenvalue weighted by Gasteiger charge is -2.27. The van der Waals surface area contributed by atoms with E-state index >= 15 is 0 Å². The van der Waals surface area contributed by atoms with Crippen molar-refractivity contribution in [2.45, 2.75) is 6.92 Å². The second-order valence-corrected chi connectivity index (χ2v) is 3.64. The van der Waals surface area contributed by atoms with Crippen molar-refractivity contribution in [2.24, 2.45) is 0 Å². The number of hydrogen-bond donors (Lipinski definition) is 4. The zero-order chi connectivity index (χ0) is 11.7. The second-order valence-electron chi connectivity index (χ2n) is 3.64. The molecule has 0 aliphatic rings. The molecule has 4 N–H and O–H groups in total. The van der Waals surface area contributed by atoms with E-state index in [1.807, 2.05) is 43.2 Å². The van der Waals surface area contributed by atoms with Crippen LogP contribution in [0.2, 0.25) is 0 Å². The first-order valence-electron chi connectivity index (χ1n) is 5.11. The van der Waals surface area contributed by atoms with Gasteiger partial charge in [-0.25, -0.2) is 20.5 Å². The largest absolute Gasteiger partial charge is 0.303 e. The Morgan fingerprint density at radius 3 is 2.07 bits per heavy atom. The van der Waals surface area contributed by atoms with E-state index in [0.29, 0.717) is 6.67 Å². The van der Waals surface area contributed by atoms with Crippen molar-refractivity contribution in [1.82, 2.24) is 36.8 Å². The van der Waals surface area contributed by atoms with Crippen LogP contribution >= 0.6 is 0 Å². The van der Waals surface area contributed by atoms with Crippen LogP contribution in [0.3, 0.4) is 0 Å². The smallest absolute Gasteiger partial charge is 0.0792 e. The quantitative estimate of drug-likeness (QED) is 0.274. The first-order valence-corrected chi connectivity index (χ1v) is 5.11. The minimum atomic E-state index is 0.684. The van der Waals surface area contributed by atoms with Gasteiger partial charge in [0.15, 0.2) is 0 Å². The van der Waals surface area contributed by atoms with E-state index in [9.17, 15) is 0 Å². The van der Waals surface area contributed by atoms with E-state index in [1.54, 1.807) is 0 Å². The molecule has 0 radical (unpaired) electrons. The maximum Gasteiger partial charge on any atom is 0.0792 e. The van der Waals surface area contributed by atoms with Gasteiger partial charge in [-0.1, -0.05) is 6.92 Å². The highest BCUT2D eigenvalue weighted by Crippen LogP contribution is 1.77. The minimum Gasteiger partial charge on any atom is -0.303 e. The Hall–Kier alpha value is -0.280. The molecule has 0 spiro atoms. The molecule has 15 heavy (non-hydrogen) atoms. The van der Waals surface area contributed by atoms with Crippen LogP contribution in [-0.4, -0.2) is 63.1 Å². The van der Waals surface area contributed by atoms with Gasteiger partial charge in [-0.3, -0.25) is 0 Å². The topological polar surface area (TPSA) is 57.8 Å². The van der Waals surface area contributed by atoms with Crippen molar-refractivity contribution in [2.75, 3.05) is 48.1 Å². The molecule has 0 amide bonds. The SMILES string of the molecule is CCNCN(CNNN(C)C)NN(C)C. The molecule has 0 aromatic heterocycles. The molecular formula is C8H25N7. The van der Waals surface area contributed by atoms with E-state index in [1.165, 1.54) is 0 Å². The number of nitrogens with one attached hydrogen (secondary N) is 4. The van der Waals surface area contributed by atoms with Crippen LogP contribution in [0.1, 0.15) is 6.92 Å². The van der Waals surface area contributed by atoms with E-state index < -0.39 is 0 Å². The standard InChI is InChI=1S/C8H25N7/c1-6-9-7-15(12-14(4)5)8-10-11-13(2)3/h9-12H,6-8H2,1-5H3. The molecule has 0 atom stereocenters. The highest BCUT2D eigenvalue weighted by molar-refractivity contribution is 4.45. The summed E-state index contributed by atoms with van der Waals surface area (Å²) in [6.45, 7) is 4.49. The molecule has 0 aromatic carbocycles. The molecule has 0 unspecified atom stereocenters. The van der Waals surface area contributed by atoms with Gasteiger partial charge in [0.25, 0.3) is 0 Å². The molecular weight excluding hydrogens is 194 g/mol. The van der Waals surface area contributed by atoms with Gasteiger partial charge in [0.1, 0.15) is 0 Å². The van der Waals surface area contributed by atoms with Gasteiger partial charge in [0, 0.05) is 28.2 Å². The normalized spacial score (nSPS) is 12.0. The van der Waals surface area contributed by atoms with Crippen LogP contribution in [0, 0.1) is 0 Å². The van der Waals surface area contributed by atoms with Crippen LogP contribution in [0.5, 0.6) is 0 Å². The van der Waals surface area contributed by atoms with Gasteiger partial charge in [0.2, 0.25) is 0 Å². The summed E-state index contributed by atoms with van der Waals surface area (Å²) in [6, 6.07) is 0. The highest BCUT2D eigenvalue weighted by atomic mass is 15.8. The summed E-state index contributed by atoms with van der Waals surface area (Å²) in [5.74, 6) is 0. The molecule has 0 fully saturated rings. The molecule has 7 nitrogen and oxygen atoms in total. The molecule has 0 rings (SSSR count). The first-order chi connectivity index (χ1) is 7.06. The lowest BCUT2D eigenvalue weighted by Crippen LogP contribution is -2.56. The van der Waals surface area contributed by atoms with Crippen molar-refractivity contribution < 1.29 is 0 Å². The van der Waals surface area contributed by atoms with E-state index in [-0.39, 0.29) is 0 Å². The zero-order valence-electron chi connectivity index (χ0n) is 10.5. The Morgan fingerprint density at radius 1 is 0.933 bits per heavy atom. The van der Waals surface area contributed by atoms with E-state index in [0.717, 1.165) is 13.2 Å².